The minimum Gasteiger partial charge on any atom is -0.493 e. The Morgan fingerprint density at radius 3 is 2.90 bits per heavy atom. The van der Waals surface area contributed by atoms with E-state index in [9.17, 15) is 9.18 Å². The molecule has 0 spiro atoms. The largest absolute Gasteiger partial charge is 0.493 e. The lowest BCUT2D eigenvalue weighted by atomic mass is 10.1. The van der Waals surface area contributed by atoms with Gasteiger partial charge in [-0.2, -0.15) is 10.2 Å². The molecule has 1 aliphatic heterocycles. The maximum absolute atomic E-state index is 12.9. The number of aromatic amines is 1. The second-order valence-corrected chi connectivity index (χ2v) is 7.28. The molecule has 1 atom stereocenters. The van der Waals surface area contributed by atoms with Crippen LogP contribution in [-0.4, -0.2) is 57.1 Å². The normalized spacial score (nSPS) is 16.6. The maximum atomic E-state index is 12.9. The quantitative estimate of drug-likeness (QED) is 0.671. The van der Waals surface area contributed by atoms with Crippen molar-refractivity contribution in [2.24, 2.45) is 7.05 Å². The predicted octanol–water partition coefficient (Wildman–Crippen LogP) is 2.43. The molecule has 1 saturated heterocycles. The van der Waals surface area contributed by atoms with Crippen LogP contribution in [0.5, 0.6) is 5.75 Å². The molecule has 4 rings (SSSR count). The van der Waals surface area contributed by atoms with E-state index >= 15 is 0 Å². The van der Waals surface area contributed by atoms with E-state index in [1.54, 1.807) is 35.0 Å². The first kappa shape index (κ1) is 20.1. The van der Waals surface area contributed by atoms with Gasteiger partial charge in [0.1, 0.15) is 17.7 Å². The van der Waals surface area contributed by atoms with Gasteiger partial charge in [-0.25, -0.2) is 4.39 Å². The summed E-state index contributed by atoms with van der Waals surface area (Å²) >= 11 is 0. The van der Waals surface area contributed by atoms with Crippen LogP contribution in [0.1, 0.15) is 33.5 Å². The molecule has 1 N–H and O–H groups in total. The number of carbonyl (C=O) groups excluding carboxylic acids is 1. The van der Waals surface area contributed by atoms with Gasteiger partial charge in [0.2, 0.25) is 0 Å². The number of H-pyrrole nitrogens is 1. The lowest BCUT2D eigenvalue weighted by Crippen LogP contribution is -2.42. The molecule has 1 aliphatic rings. The van der Waals surface area contributed by atoms with Crippen molar-refractivity contribution >= 4 is 5.91 Å². The van der Waals surface area contributed by atoms with Gasteiger partial charge in [0.05, 0.1) is 36.7 Å². The highest BCUT2D eigenvalue weighted by molar-refractivity contribution is 5.95. The van der Waals surface area contributed by atoms with E-state index in [1.807, 2.05) is 13.0 Å². The predicted molar refractivity (Wildman–Crippen MR) is 107 cm³/mol. The van der Waals surface area contributed by atoms with Crippen molar-refractivity contribution in [3.8, 4) is 5.75 Å². The molecule has 1 aromatic carbocycles. The molecule has 1 amide bonds. The molecule has 0 saturated carbocycles. The Morgan fingerprint density at radius 2 is 2.17 bits per heavy atom. The molecule has 1 fully saturated rings. The van der Waals surface area contributed by atoms with Crippen molar-refractivity contribution in [2.45, 2.75) is 19.4 Å². The Labute approximate surface area is 173 Å². The van der Waals surface area contributed by atoms with Crippen LogP contribution in [0.3, 0.4) is 0 Å². The van der Waals surface area contributed by atoms with Crippen molar-refractivity contribution in [3.63, 3.8) is 0 Å². The fraction of sp³-hybridized carbons (Fsp3) is 0.381. The Kier molecular flexibility index (Phi) is 5.80. The Morgan fingerprint density at radius 1 is 1.37 bits per heavy atom. The second-order valence-electron chi connectivity index (χ2n) is 7.28. The molecule has 0 aliphatic carbocycles. The van der Waals surface area contributed by atoms with E-state index in [1.165, 1.54) is 12.1 Å². The zero-order valence-corrected chi connectivity index (χ0v) is 17.0. The van der Waals surface area contributed by atoms with Crippen LogP contribution in [0.4, 0.5) is 4.39 Å². The third-order valence-corrected chi connectivity index (χ3v) is 5.03. The number of morpholine rings is 1. The summed E-state index contributed by atoms with van der Waals surface area (Å²) in [6, 6.07) is 7.86. The van der Waals surface area contributed by atoms with Crippen LogP contribution in [0.25, 0.3) is 0 Å². The number of amides is 1. The van der Waals surface area contributed by atoms with Gasteiger partial charge in [0, 0.05) is 31.9 Å². The fourth-order valence-corrected chi connectivity index (χ4v) is 3.47. The van der Waals surface area contributed by atoms with Gasteiger partial charge in [0.25, 0.3) is 5.91 Å². The number of halogens is 1. The van der Waals surface area contributed by atoms with Crippen molar-refractivity contribution in [1.82, 2.24) is 24.9 Å². The zero-order valence-electron chi connectivity index (χ0n) is 17.0. The Balaban J connectivity index is 1.34. The molecule has 2 aromatic heterocycles. The van der Waals surface area contributed by atoms with E-state index in [-0.39, 0.29) is 17.8 Å². The van der Waals surface area contributed by atoms with Crippen LogP contribution in [0, 0.1) is 12.7 Å². The van der Waals surface area contributed by atoms with Gasteiger partial charge in [0.15, 0.2) is 0 Å². The number of hydrogen-bond acceptors (Lipinski definition) is 5. The smallest absolute Gasteiger partial charge is 0.257 e. The summed E-state index contributed by atoms with van der Waals surface area (Å²) in [5.41, 5.74) is 2.99. The first-order valence-electron chi connectivity index (χ1n) is 9.83. The van der Waals surface area contributed by atoms with E-state index in [0.29, 0.717) is 49.7 Å². The lowest BCUT2D eigenvalue weighted by Gasteiger charge is -2.32. The number of carbonyl (C=O) groups is 1. The molecule has 30 heavy (non-hydrogen) atoms. The molecular formula is C21H24FN5O3. The SMILES string of the molecule is Cc1nn(C)cc1C(=O)N1CCO[C@H](c2cc(CCOc3ccc(F)cc3)[nH]n2)C1. The van der Waals surface area contributed by atoms with Crippen molar-refractivity contribution in [1.29, 1.82) is 0 Å². The molecule has 158 valence electrons. The number of aromatic nitrogens is 4. The van der Waals surface area contributed by atoms with E-state index in [0.717, 1.165) is 11.4 Å². The maximum Gasteiger partial charge on any atom is 0.257 e. The van der Waals surface area contributed by atoms with Gasteiger partial charge in [-0.3, -0.25) is 14.6 Å². The van der Waals surface area contributed by atoms with Gasteiger partial charge >= 0.3 is 0 Å². The molecule has 3 heterocycles. The highest BCUT2D eigenvalue weighted by atomic mass is 19.1. The average molecular weight is 413 g/mol. The minimum absolute atomic E-state index is 0.0441. The van der Waals surface area contributed by atoms with Crippen LogP contribution in [0.2, 0.25) is 0 Å². The van der Waals surface area contributed by atoms with E-state index < -0.39 is 0 Å². The van der Waals surface area contributed by atoms with Gasteiger partial charge in [-0.15, -0.1) is 0 Å². The summed E-state index contributed by atoms with van der Waals surface area (Å²) in [5.74, 6) is 0.281. The average Bonchev–Trinajstić information content (AvgIpc) is 3.35. The number of benzene rings is 1. The minimum atomic E-state index is -0.292. The molecule has 0 unspecified atom stereocenters. The third-order valence-electron chi connectivity index (χ3n) is 5.03. The highest BCUT2D eigenvalue weighted by Crippen LogP contribution is 2.23. The second kappa shape index (κ2) is 8.66. The monoisotopic (exact) mass is 413 g/mol. The Hall–Kier alpha value is -3.20. The number of ether oxygens (including phenoxy) is 2. The van der Waals surface area contributed by atoms with Gasteiger partial charge < -0.3 is 14.4 Å². The van der Waals surface area contributed by atoms with Crippen LogP contribution in [-0.2, 0) is 18.2 Å². The van der Waals surface area contributed by atoms with Crippen molar-refractivity contribution in [3.05, 3.63) is 65.0 Å². The number of rotatable bonds is 6. The number of nitrogens with zero attached hydrogens (tertiary/aromatic N) is 4. The molecule has 9 heteroatoms. The van der Waals surface area contributed by atoms with Crippen molar-refractivity contribution < 1.29 is 18.7 Å². The van der Waals surface area contributed by atoms with Crippen LogP contribution >= 0.6 is 0 Å². The summed E-state index contributed by atoms with van der Waals surface area (Å²) in [5, 5.41) is 11.6. The standard InChI is InChI=1S/C21H24FN5O3/c1-14-18(12-26(2)25-14)21(28)27-8-10-30-20(13-27)19-11-16(23-24-19)7-9-29-17-5-3-15(22)4-6-17/h3-6,11-12,20H,7-10,13H2,1-2H3,(H,23,24)/t20-/m0/s1. The third kappa shape index (κ3) is 4.51. The first-order valence-corrected chi connectivity index (χ1v) is 9.83. The first-order chi connectivity index (χ1) is 14.5. The summed E-state index contributed by atoms with van der Waals surface area (Å²) in [4.78, 5) is 14.6. The van der Waals surface area contributed by atoms with Crippen LogP contribution < -0.4 is 4.74 Å². The number of nitrogens with one attached hydrogen (secondary N) is 1. The summed E-state index contributed by atoms with van der Waals surface area (Å²) in [6.45, 7) is 3.68. The molecule has 3 aromatic rings. The summed E-state index contributed by atoms with van der Waals surface area (Å²) in [7, 11) is 1.80. The van der Waals surface area contributed by atoms with Crippen molar-refractivity contribution in [2.75, 3.05) is 26.3 Å². The van der Waals surface area contributed by atoms with Gasteiger partial charge in [-0.1, -0.05) is 0 Å². The fourth-order valence-electron chi connectivity index (χ4n) is 3.47. The zero-order chi connectivity index (χ0) is 21.1. The van der Waals surface area contributed by atoms with E-state index in [4.69, 9.17) is 9.47 Å². The molecule has 0 bridgehead atoms. The highest BCUT2D eigenvalue weighted by Gasteiger charge is 2.29. The van der Waals surface area contributed by atoms with Crippen LogP contribution in [0.15, 0.2) is 36.5 Å². The van der Waals surface area contributed by atoms with Gasteiger partial charge in [-0.05, 0) is 37.3 Å². The molecular weight excluding hydrogens is 389 g/mol. The topological polar surface area (TPSA) is 85.3 Å². The molecule has 0 radical (unpaired) electrons. The Bertz CT molecular complexity index is 1010. The summed E-state index contributed by atoms with van der Waals surface area (Å²) in [6.07, 6.45) is 2.08. The number of hydrogen-bond donors (Lipinski definition) is 1. The molecule has 8 nitrogen and oxygen atoms in total. The summed E-state index contributed by atoms with van der Waals surface area (Å²) < 4.78 is 26.1. The van der Waals surface area contributed by atoms with E-state index in [2.05, 4.69) is 15.3 Å². The lowest BCUT2D eigenvalue weighted by molar-refractivity contribution is -0.0247. The number of aryl methyl sites for hydroxylation is 2.